The molecule has 0 fully saturated rings. The number of benzene rings is 1. The van der Waals surface area contributed by atoms with Crippen molar-refractivity contribution in [1.29, 1.82) is 0 Å². The molecule has 0 radical (unpaired) electrons. The minimum Gasteiger partial charge on any atom is -0.494 e. The summed E-state index contributed by atoms with van der Waals surface area (Å²) >= 11 is 1.23. The summed E-state index contributed by atoms with van der Waals surface area (Å²) in [6.07, 6.45) is 1.81. The van der Waals surface area contributed by atoms with Crippen molar-refractivity contribution in [2.45, 2.75) is 19.9 Å². The van der Waals surface area contributed by atoms with Crippen molar-refractivity contribution in [1.82, 2.24) is 14.1 Å². The minimum atomic E-state index is 0.0384. The fraction of sp³-hybridized carbons (Fsp3) is 0.385. The zero-order chi connectivity index (χ0) is 12.8. The molecule has 1 heterocycles. The van der Waals surface area contributed by atoms with Crippen molar-refractivity contribution in [2.75, 3.05) is 13.2 Å². The number of aromatic nitrogens is 2. The number of rotatable bonds is 6. The first-order valence-electron chi connectivity index (χ1n) is 6.09. The normalized spacial score (nSPS) is 12.3. The standard InChI is InChI=1S/C13H17N3OS/c1-3-14-13(11-9-15-18-16-11)10-7-5-6-8-12(10)17-4-2/h5-9,13-14H,3-4H2,1-2H3. The van der Waals surface area contributed by atoms with Crippen LogP contribution in [-0.2, 0) is 0 Å². The highest BCUT2D eigenvalue weighted by molar-refractivity contribution is 6.99. The van der Waals surface area contributed by atoms with Gasteiger partial charge in [-0.1, -0.05) is 25.1 Å². The van der Waals surface area contributed by atoms with Crippen LogP contribution in [0.5, 0.6) is 5.75 Å². The van der Waals surface area contributed by atoms with Crippen LogP contribution in [-0.4, -0.2) is 21.9 Å². The van der Waals surface area contributed by atoms with Gasteiger partial charge in [0.1, 0.15) is 5.75 Å². The summed E-state index contributed by atoms with van der Waals surface area (Å²) in [7, 11) is 0. The smallest absolute Gasteiger partial charge is 0.124 e. The minimum absolute atomic E-state index is 0.0384. The number of hydrogen-bond acceptors (Lipinski definition) is 5. The predicted octanol–water partition coefficient (Wildman–Crippen LogP) is 2.64. The number of nitrogens with one attached hydrogen (secondary N) is 1. The van der Waals surface area contributed by atoms with Gasteiger partial charge in [0.15, 0.2) is 0 Å². The second-order valence-corrected chi connectivity index (χ2v) is 4.35. The molecule has 1 unspecified atom stereocenters. The summed E-state index contributed by atoms with van der Waals surface area (Å²) in [5.74, 6) is 0.902. The SMILES string of the molecule is CCNC(c1cnsn1)c1ccccc1OCC. The number of para-hydroxylation sites is 1. The van der Waals surface area contributed by atoms with Crippen LogP contribution in [0.3, 0.4) is 0 Å². The Morgan fingerprint density at radius 2 is 2.17 bits per heavy atom. The maximum Gasteiger partial charge on any atom is 0.124 e. The predicted molar refractivity (Wildman–Crippen MR) is 73.0 cm³/mol. The molecule has 0 amide bonds. The van der Waals surface area contributed by atoms with Crippen molar-refractivity contribution in [3.8, 4) is 5.75 Å². The lowest BCUT2D eigenvalue weighted by Gasteiger charge is -2.19. The van der Waals surface area contributed by atoms with Gasteiger partial charge in [-0.25, -0.2) is 0 Å². The van der Waals surface area contributed by atoms with Gasteiger partial charge in [-0.2, -0.15) is 8.75 Å². The second-order valence-electron chi connectivity index (χ2n) is 3.79. The molecule has 0 aliphatic rings. The molecule has 1 atom stereocenters. The first kappa shape index (κ1) is 13.0. The highest BCUT2D eigenvalue weighted by Crippen LogP contribution is 2.29. The van der Waals surface area contributed by atoms with E-state index < -0.39 is 0 Å². The highest BCUT2D eigenvalue weighted by atomic mass is 32.1. The summed E-state index contributed by atoms with van der Waals surface area (Å²) in [5, 5.41) is 3.42. The van der Waals surface area contributed by atoms with E-state index in [1.807, 2.05) is 25.1 Å². The Balaban J connectivity index is 2.36. The molecule has 96 valence electrons. The third-order valence-electron chi connectivity index (χ3n) is 2.61. The molecule has 0 aliphatic heterocycles. The summed E-state index contributed by atoms with van der Waals surface area (Å²) in [6, 6.07) is 8.09. The van der Waals surface area contributed by atoms with E-state index in [1.54, 1.807) is 6.20 Å². The van der Waals surface area contributed by atoms with Gasteiger partial charge in [0.05, 0.1) is 36.3 Å². The third-order valence-corrected chi connectivity index (χ3v) is 3.10. The Hall–Kier alpha value is -1.46. The average Bonchev–Trinajstić information content (AvgIpc) is 2.91. The van der Waals surface area contributed by atoms with E-state index in [0.717, 1.165) is 23.6 Å². The molecule has 0 saturated heterocycles. The fourth-order valence-corrected chi connectivity index (χ4v) is 2.33. The van der Waals surface area contributed by atoms with E-state index in [0.29, 0.717) is 6.61 Å². The van der Waals surface area contributed by atoms with Crippen LogP contribution < -0.4 is 10.1 Å². The topological polar surface area (TPSA) is 47.0 Å². The van der Waals surface area contributed by atoms with Gasteiger partial charge in [0.2, 0.25) is 0 Å². The fourth-order valence-electron chi connectivity index (χ4n) is 1.88. The lowest BCUT2D eigenvalue weighted by molar-refractivity contribution is 0.333. The van der Waals surface area contributed by atoms with Crippen LogP contribution in [0.4, 0.5) is 0 Å². The first-order valence-corrected chi connectivity index (χ1v) is 6.82. The monoisotopic (exact) mass is 263 g/mol. The van der Waals surface area contributed by atoms with Crippen LogP contribution >= 0.6 is 11.7 Å². The van der Waals surface area contributed by atoms with E-state index in [4.69, 9.17) is 4.74 Å². The molecule has 2 rings (SSSR count). The van der Waals surface area contributed by atoms with E-state index in [1.165, 1.54) is 11.7 Å². The molecule has 1 aromatic carbocycles. The second kappa shape index (κ2) is 6.47. The van der Waals surface area contributed by atoms with Gasteiger partial charge in [0.25, 0.3) is 0 Å². The van der Waals surface area contributed by atoms with Crippen molar-refractivity contribution < 1.29 is 4.74 Å². The lowest BCUT2D eigenvalue weighted by Crippen LogP contribution is -2.23. The molecule has 0 saturated carbocycles. The van der Waals surface area contributed by atoms with Crippen LogP contribution in [0.1, 0.15) is 31.1 Å². The van der Waals surface area contributed by atoms with E-state index in [-0.39, 0.29) is 6.04 Å². The molecule has 1 N–H and O–H groups in total. The summed E-state index contributed by atoms with van der Waals surface area (Å²) in [4.78, 5) is 0. The van der Waals surface area contributed by atoms with Gasteiger partial charge in [-0.05, 0) is 19.5 Å². The first-order chi connectivity index (χ1) is 8.86. The Morgan fingerprint density at radius 1 is 1.33 bits per heavy atom. The molecule has 1 aromatic heterocycles. The molecule has 18 heavy (non-hydrogen) atoms. The van der Waals surface area contributed by atoms with Crippen molar-refractivity contribution >= 4 is 11.7 Å². The molecule has 0 aliphatic carbocycles. The molecule has 4 nitrogen and oxygen atoms in total. The van der Waals surface area contributed by atoms with E-state index in [2.05, 4.69) is 27.1 Å². The number of nitrogens with zero attached hydrogens (tertiary/aromatic N) is 2. The summed E-state index contributed by atoms with van der Waals surface area (Å²) in [6.45, 7) is 5.59. The third kappa shape index (κ3) is 2.86. The maximum atomic E-state index is 5.68. The molecular weight excluding hydrogens is 246 g/mol. The largest absolute Gasteiger partial charge is 0.494 e. The molecule has 0 bridgehead atoms. The van der Waals surface area contributed by atoms with Gasteiger partial charge >= 0.3 is 0 Å². The van der Waals surface area contributed by atoms with Crippen molar-refractivity contribution in [2.24, 2.45) is 0 Å². The van der Waals surface area contributed by atoms with Crippen LogP contribution in [0.25, 0.3) is 0 Å². The van der Waals surface area contributed by atoms with Crippen molar-refractivity contribution in [3.63, 3.8) is 0 Å². The molecule has 0 spiro atoms. The molecule has 5 heteroatoms. The highest BCUT2D eigenvalue weighted by Gasteiger charge is 2.19. The van der Waals surface area contributed by atoms with Crippen LogP contribution in [0, 0.1) is 0 Å². The van der Waals surface area contributed by atoms with Gasteiger partial charge < -0.3 is 10.1 Å². The van der Waals surface area contributed by atoms with Crippen molar-refractivity contribution in [3.05, 3.63) is 41.7 Å². The maximum absolute atomic E-state index is 5.68. The van der Waals surface area contributed by atoms with Crippen LogP contribution in [0.2, 0.25) is 0 Å². The Kier molecular flexibility index (Phi) is 4.66. The van der Waals surface area contributed by atoms with E-state index in [9.17, 15) is 0 Å². The zero-order valence-corrected chi connectivity index (χ0v) is 11.4. The van der Waals surface area contributed by atoms with Gasteiger partial charge in [-0.15, -0.1) is 0 Å². The van der Waals surface area contributed by atoms with Gasteiger partial charge in [-0.3, -0.25) is 0 Å². The number of ether oxygens (including phenoxy) is 1. The molecular formula is C13H17N3OS. The molecule has 2 aromatic rings. The Bertz CT molecular complexity index is 473. The Labute approximate surface area is 111 Å². The zero-order valence-electron chi connectivity index (χ0n) is 10.6. The van der Waals surface area contributed by atoms with Crippen LogP contribution in [0.15, 0.2) is 30.5 Å². The Morgan fingerprint density at radius 3 is 2.83 bits per heavy atom. The summed E-state index contributed by atoms with van der Waals surface area (Å²) < 4.78 is 14.1. The average molecular weight is 263 g/mol. The summed E-state index contributed by atoms with van der Waals surface area (Å²) in [5.41, 5.74) is 2.04. The quantitative estimate of drug-likeness (QED) is 0.870. The van der Waals surface area contributed by atoms with E-state index >= 15 is 0 Å². The lowest BCUT2D eigenvalue weighted by atomic mass is 10.0. The van der Waals surface area contributed by atoms with Gasteiger partial charge in [0, 0.05) is 5.56 Å². The number of hydrogen-bond donors (Lipinski definition) is 1.